The lowest BCUT2D eigenvalue weighted by Crippen LogP contribution is -2.11. The molecule has 0 spiro atoms. The summed E-state index contributed by atoms with van der Waals surface area (Å²) in [5.74, 6) is -0.292. The van der Waals surface area contributed by atoms with E-state index in [1.54, 1.807) is 6.92 Å². The van der Waals surface area contributed by atoms with Crippen LogP contribution in [0.25, 0.3) is 0 Å². The molecule has 112 valence electrons. The number of carbonyl (C=O) groups excluding carboxylic acids is 1. The zero-order valence-corrected chi connectivity index (χ0v) is 12.5. The second kappa shape index (κ2) is 6.15. The van der Waals surface area contributed by atoms with Crippen LogP contribution in [0.4, 0.5) is 5.69 Å². The second-order valence-electron chi connectivity index (χ2n) is 3.97. The number of nitrogens with zero attached hydrogens (tertiary/aromatic N) is 1. The molecule has 2 N–H and O–H groups in total. The number of anilines is 1. The fraction of sp³-hybridized carbons (Fsp3) is 0.167. The van der Waals surface area contributed by atoms with Crippen molar-refractivity contribution in [3.8, 4) is 5.75 Å². The summed E-state index contributed by atoms with van der Waals surface area (Å²) < 4.78 is 28.3. The molecule has 0 saturated carbocycles. The minimum atomic E-state index is -3.99. The van der Waals surface area contributed by atoms with Crippen LogP contribution in [0.2, 0.25) is 0 Å². The van der Waals surface area contributed by atoms with Crippen molar-refractivity contribution in [2.45, 2.75) is 11.8 Å². The van der Waals surface area contributed by atoms with Crippen molar-refractivity contribution in [1.29, 1.82) is 0 Å². The van der Waals surface area contributed by atoms with E-state index in [1.807, 2.05) is 0 Å². The Morgan fingerprint density at radius 2 is 2.24 bits per heavy atom. The Kier molecular flexibility index (Phi) is 4.49. The number of hydrogen-bond donors (Lipinski definition) is 2. The van der Waals surface area contributed by atoms with Gasteiger partial charge in [0.25, 0.3) is 15.0 Å². The average molecular weight is 330 g/mol. The molecule has 7 nitrogen and oxygen atoms in total. The normalized spacial score (nSPS) is 11.1. The van der Waals surface area contributed by atoms with Crippen molar-refractivity contribution >= 4 is 31.3 Å². The van der Waals surface area contributed by atoms with Gasteiger partial charge in [-0.25, -0.2) is 8.42 Å². The number of H-pyrrole nitrogens is 1. The first-order chi connectivity index (χ1) is 9.91. The molecule has 0 saturated heterocycles. The van der Waals surface area contributed by atoms with E-state index in [1.165, 1.54) is 30.6 Å². The van der Waals surface area contributed by atoms with Crippen LogP contribution in [-0.2, 0) is 9.05 Å². The third-order valence-electron chi connectivity index (χ3n) is 2.52. The predicted octanol–water partition coefficient (Wildman–Crippen LogP) is 1.99. The first-order valence-electron chi connectivity index (χ1n) is 5.93. The Hall–Kier alpha value is -2.06. The Bertz CT molecular complexity index is 744. The van der Waals surface area contributed by atoms with Crippen LogP contribution in [0, 0.1) is 0 Å². The van der Waals surface area contributed by atoms with Gasteiger partial charge in [-0.15, -0.1) is 0 Å². The summed E-state index contributed by atoms with van der Waals surface area (Å²) >= 11 is 0. The molecule has 0 aliphatic heterocycles. The maximum atomic E-state index is 11.9. The molecule has 1 aromatic carbocycles. The zero-order chi connectivity index (χ0) is 15.5. The van der Waals surface area contributed by atoms with Crippen molar-refractivity contribution in [2.75, 3.05) is 11.9 Å². The maximum absolute atomic E-state index is 11.9. The van der Waals surface area contributed by atoms with E-state index in [-0.39, 0.29) is 16.3 Å². The molecule has 9 heteroatoms. The Morgan fingerprint density at radius 1 is 1.48 bits per heavy atom. The van der Waals surface area contributed by atoms with Crippen LogP contribution >= 0.6 is 10.7 Å². The SMILES string of the molecule is CCOc1ccc(NC(=O)c2cn[nH]c2)cc1S(=O)(=O)Cl. The van der Waals surface area contributed by atoms with Crippen LogP contribution in [0.1, 0.15) is 17.3 Å². The van der Waals surface area contributed by atoms with Gasteiger partial charge in [0, 0.05) is 22.6 Å². The highest BCUT2D eigenvalue weighted by Crippen LogP contribution is 2.30. The molecule has 0 radical (unpaired) electrons. The van der Waals surface area contributed by atoms with E-state index in [9.17, 15) is 13.2 Å². The highest BCUT2D eigenvalue weighted by molar-refractivity contribution is 8.13. The molecule has 1 aromatic heterocycles. The number of hydrogen-bond acceptors (Lipinski definition) is 5. The lowest BCUT2D eigenvalue weighted by molar-refractivity contribution is 0.102. The molecule has 21 heavy (non-hydrogen) atoms. The van der Waals surface area contributed by atoms with Crippen molar-refractivity contribution in [3.63, 3.8) is 0 Å². The summed E-state index contributed by atoms with van der Waals surface area (Å²) in [6, 6.07) is 4.20. The number of aromatic nitrogens is 2. The lowest BCUT2D eigenvalue weighted by Gasteiger charge is -2.10. The molecule has 0 aliphatic carbocycles. The monoisotopic (exact) mass is 329 g/mol. The molecule has 1 heterocycles. The molecule has 2 rings (SSSR count). The van der Waals surface area contributed by atoms with E-state index in [4.69, 9.17) is 15.4 Å². The second-order valence-corrected chi connectivity index (χ2v) is 6.51. The first kappa shape index (κ1) is 15.3. The summed E-state index contributed by atoms with van der Waals surface area (Å²) in [5, 5.41) is 8.72. The van der Waals surface area contributed by atoms with Gasteiger partial charge in [-0.05, 0) is 25.1 Å². The molecule has 1 amide bonds. The Labute approximate surface area is 125 Å². The summed E-state index contributed by atoms with van der Waals surface area (Å²) in [6.45, 7) is 2.01. The van der Waals surface area contributed by atoms with Crippen LogP contribution in [-0.4, -0.2) is 31.1 Å². The van der Waals surface area contributed by atoms with Gasteiger partial charge >= 0.3 is 0 Å². The lowest BCUT2D eigenvalue weighted by atomic mass is 10.2. The highest BCUT2D eigenvalue weighted by atomic mass is 35.7. The third-order valence-corrected chi connectivity index (χ3v) is 3.87. The van der Waals surface area contributed by atoms with Crippen LogP contribution < -0.4 is 10.1 Å². The molecule has 0 fully saturated rings. The largest absolute Gasteiger partial charge is 0.492 e. The van der Waals surface area contributed by atoms with Gasteiger partial charge in [0.15, 0.2) is 0 Å². The van der Waals surface area contributed by atoms with E-state index < -0.39 is 15.0 Å². The fourth-order valence-electron chi connectivity index (χ4n) is 1.63. The number of amides is 1. The standard InChI is InChI=1S/C12H12ClN3O4S/c1-2-20-10-4-3-9(5-11(10)21(13,18)19)16-12(17)8-6-14-15-7-8/h3-7H,2H2,1H3,(H,14,15)(H,16,17). The van der Waals surface area contributed by atoms with Gasteiger partial charge in [0.05, 0.1) is 18.4 Å². The smallest absolute Gasteiger partial charge is 0.265 e. The van der Waals surface area contributed by atoms with Crippen LogP contribution in [0.3, 0.4) is 0 Å². The van der Waals surface area contributed by atoms with Crippen molar-refractivity contribution in [2.24, 2.45) is 0 Å². The molecular weight excluding hydrogens is 318 g/mol. The van der Waals surface area contributed by atoms with Crippen molar-refractivity contribution in [1.82, 2.24) is 10.2 Å². The summed E-state index contributed by atoms with van der Waals surface area (Å²) in [7, 11) is 1.38. The predicted molar refractivity (Wildman–Crippen MR) is 77.2 cm³/mol. The number of carbonyl (C=O) groups is 1. The van der Waals surface area contributed by atoms with Gasteiger partial charge in [-0.1, -0.05) is 0 Å². The number of aromatic amines is 1. The summed E-state index contributed by atoms with van der Waals surface area (Å²) in [5.41, 5.74) is 0.600. The summed E-state index contributed by atoms with van der Waals surface area (Å²) in [6.07, 6.45) is 2.77. The number of nitrogens with one attached hydrogen (secondary N) is 2. The minimum Gasteiger partial charge on any atom is -0.492 e. The van der Waals surface area contributed by atoms with Gasteiger partial charge < -0.3 is 10.1 Å². The number of ether oxygens (including phenoxy) is 1. The first-order valence-corrected chi connectivity index (χ1v) is 8.24. The maximum Gasteiger partial charge on any atom is 0.265 e. The molecule has 0 aliphatic rings. The fourth-order valence-corrected chi connectivity index (χ4v) is 2.63. The van der Waals surface area contributed by atoms with Crippen LogP contribution in [0.5, 0.6) is 5.75 Å². The zero-order valence-electron chi connectivity index (χ0n) is 11.0. The average Bonchev–Trinajstić information content (AvgIpc) is 2.93. The highest BCUT2D eigenvalue weighted by Gasteiger charge is 2.18. The van der Waals surface area contributed by atoms with E-state index in [0.717, 1.165) is 0 Å². The third kappa shape index (κ3) is 3.73. The van der Waals surface area contributed by atoms with Crippen LogP contribution in [0.15, 0.2) is 35.5 Å². The van der Waals surface area contributed by atoms with E-state index in [0.29, 0.717) is 12.2 Å². The van der Waals surface area contributed by atoms with Gasteiger partial charge in [0.2, 0.25) is 0 Å². The number of halogens is 1. The molecule has 0 atom stereocenters. The van der Waals surface area contributed by atoms with E-state index >= 15 is 0 Å². The van der Waals surface area contributed by atoms with Crippen molar-refractivity contribution < 1.29 is 17.9 Å². The van der Waals surface area contributed by atoms with E-state index in [2.05, 4.69) is 15.5 Å². The quantitative estimate of drug-likeness (QED) is 0.817. The topological polar surface area (TPSA) is 101 Å². The number of rotatable bonds is 5. The Balaban J connectivity index is 2.32. The molecule has 2 aromatic rings. The number of benzene rings is 1. The molecule has 0 unspecified atom stereocenters. The van der Waals surface area contributed by atoms with Gasteiger partial charge in [-0.2, -0.15) is 5.10 Å². The molecule has 0 bridgehead atoms. The Morgan fingerprint density at radius 3 is 2.81 bits per heavy atom. The van der Waals surface area contributed by atoms with Crippen molar-refractivity contribution in [3.05, 3.63) is 36.2 Å². The minimum absolute atomic E-state index is 0.133. The van der Waals surface area contributed by atoms with Gasteiger partial charge in [-0.3, -0.25) is 9.89 Å². The summed E-state index contributed by atoms with van der Waals surface area (Å²) in [4.78, 5) is 11.7. The van der Waals surface area contributed by atoms with Gasteiger partial charge in [0.1, 0.15) is 10.6 Å². The molecular formula is C12H12ClN3O4S.